The molecule has 0 aliphatic carbocycles. The number of hydrogen-bond acceptors (Lipinski definition) is 4. The predicted molar refractivity (Wildman–Crippen MR) is 75.7 cm³/mol. The lowest BCUT2D eigenvalue weighted by Gasteiger charge is -2.22. The Labute approximate surface area is 112 Å². The predicted octanol–water partition coefficient (Wildman–Crippen LogP) is 2.02. The average molecular weight is 265 g/mol. The van der Waals surface area contributed by atoms with Gasteiger partial charge in [-0.05, 0) is 18.6 Å². The second-order valence-corrected chi connectivity index (χ2v) is 6.92. The van der Waals surface area contributed by atoms with E-state index in [1.807, 2.05) is 16.7 Å². The van der Waals surface area contributed by atoms with Gasteiger partial charge in [-0.3, -0.25) is 4.79 Å². The molecule has 2 heterocycles. The molecular formula is C13H19N3OS. The Hall–Kier alpha value is -1.23. The number of carbonyl (C=O) groups is 1. The van der Waals surface area contributed by atoms with Gasteiger partial charge in [-0.25, -0.2) is 4.98 Å². The average Bonchev–Trinajstić information content (AvgIpc) is 2.50. The Kier molecular flexibility index (Phi) is 3.80. The summed E-state index contributed by atoms with van der Waals surface area (Å²) >= 11 is 1.93. The van der Waals surface area contributed by atoms with Crippen molar-refractivity contribution < 1.29 is 4.79 Å². The van der Waals surface area contributed by atoms with Crippen LogP contribution in [-0.2, 0) is 0 Å². The highest BCUT2D eigenvalue weighted by atomic mass is 32.2. The van der Waals surface area contributed by atoms with E-state index in [1.54, 1.807) is 18.3 Å². The number of hydrogen-bond donors (Lipinski definition) is 1. The number of amides is 1. The van der Waals surface area contributed by atoms with Crippen LogP contribution in [0.2, 0.25) is 0 Å². The number of anilines is 1. The SMILES string of the molecule is CC1(C)CCN(C(=O)c2ccc(N)nc2)CCS1. The summed E-state index contributed by atoms with van der Waals surface area (Å²) in [5.41, 5.74) is 6.15. The first kappa shape index (κ1) is 13.2. The fourth-order valence-electron chi connectivity index (χ4n) is 1.94. The van der Waals surface area contributed by atoms with Crippen LogP contribution in [0.5, 0.6) is 0 Å². The second-order valence-electron chi connectivity index (χ2n) is 5.12. The summed E-state index contributed by atoms with van der Waals surface area (Å²) in [5, 5.41) is 0. The van der Waals surface area contributed by atoms with Crippen molar-refractivity contribution in [3.63, 3.8) is 0 Å². The van der Waals surface area contributed by atoms with Gasteiger partial charge in [-0.2, -0.15) is 11.8 Å². The molecule has 0 saturated carbocycles. The molecule has 1 aromatic rings. The zero-order valence-corrected chi connectivity index (χ0v) is 11.7. The lowest BCUT2D eigenvalue weighted by molar-refractivity contribution is 0.0764. The third kappa shape index (κ3) is 3.16. The van der Waals surface area contributed by atoms with Gasteiger partial charge >= 0.3 is 0 Å². The Morgan fingerprint density at radius 2 is 2.22 bits per heavy atom. The zero-order chi connectivity index (χ0) is 13.2. The summed E-state index contributed by atoms with van der Waals surface area (Å²) in [5.74, 6) is 1.49. The zero-order valence-electron chi connectivity index (χ0n) is 10.8. The first-order chi connectivity index (χ1) is 8.48. The van der Waals surface area contributed by atoms with Crippen molar-refractivity contribution >= 4 is 23.5 Å². The van der Waals surface area contributed by atoms with Crippen LogP contribution in [0.15, 0.2) is 18.3 Å². The first-order valence-corrected chi connectivity index (χ1v) is 7.11. The molecule has 1 aliphatic rings. The third-order valence-electron chi connectivity index (χ3n) is 3.16. The van der Waals surface area contributed by atoms with E-state index in [1.165, 1.54) is 0 Å². The minimum absolute atomic E-state index is 0.0563. The standard InChI is InChI=1S/C13H19N3OS/c1-13(2)5-6-16(7-8-18-13)12(17)10-3-4-11(14)15-9-10/h3-4,9H,5-8H2,1-2H3,(H2,14,15). The van der Waals surface area contributed by atoms with Crippen molar-refractivity contribution in [1.82, 2.24) is 9.88 Å². The van der Waals surface area contributed by atoms with Crippen LogP contribution in [0.25, 0.3) is 0 Å². The fraction of sp³-hybridized carbons (Fsp3) is 0.538. The number of aromatic nitrogens is 1. The molecular weight excluding hydrogens is 246 g/mol. The van der Waals surface area contributed by atoms with Crippen LogP contribution in [-0.4, -0.2) is 39.4 Å². The molecule has 1 amide bonds. The van der Waals surface area contributed by atoms with Crippen molar-refractivity contribution in [2.24, 2.45) is 0 Å². The smallest absolute Gasteiger partial charge is 0.255 e. The van der Waals surface area contributed by atoms with Gasteiger partial charge in [-0.15, -0.1) is 0 Å². The van der Waals surface area contributed by atoms with E-state index in [-0.39, 0.29) is 10.7 Å². The Morgan fingerprint density at radius 3 is 2.89 bits per heavy atom. The number of carbonyl (C=O) groups excluding carboxylic acids is 1. The summed E-state index contributed by atoms with van der Waals surface area (Å²) in [6.45, 7) is 6.08. The normalized spacial score (nSPS) is 19.3. The maximum atomic E-state index is 12.3. The van der Waals surface area contributed by atoms with E-state index in [4.69, 9.17) is 5.73 Å². The lowest BCUT2D eigenvalue weighted by Crippen LogP contribution is -2.33. The maximum Gasteiger partial charge on any atom is 0.255 e. The Morgan fingerprint density at radius 1 is 1.44 bits per heavy atom. The molecule has 1 saturated heterocycles. The Bertz CT molecular complexity index is 430. The molecule has 5 heteroatoms. The van der Waals surface area contributed by atoms with E-state index < -0.39 is 0 Å². The summed E-state index contributed by atoms with van der Waals surface area (Å²) in [7, 11) is 0. The molecule has 0 bridgehead atoms. The van der Waals surface area contributed by atoms with Gasteiger partial charge in [-0.1, -0.05) is 13.8 Å². The molecule has 1 aromatic heterocycles. The van der Waals surface area contributed by atoms with Crippen LogP contribution < -0.4 is 5.73 Å². The summed E-state index contributed by atoms with van der Waals surface area (Å²) in [4.78, 5) is 18.2. The van der Waals surface area contributed by atoms with Crippen molar-refractivity contribution in [2.45, 2.75) is 25.0 Å². The van der Waals surface area contributed by atoms with Crippen LogP contribution in [0.4, 0.5) is 5.82 Å². The van der Waals surface area contributed by atoms with E-state index in [0.717, 1.165) is 25.3 Å². The monoisotopic (exact) mass is 265 g/mol. The Balaban J connectivity index is 2.07. The first-order valence-electron chi connectivity index (χ1n) is 6.13. The number of nitrogens with zero attached hydrogens (tertiary/aromatic N) is 2. The van der Waals surface area contributed by atoms with Gasteiger partial charge < -0.3 is 10.6 Å². The number of nitrogens with two attached hydrogens (primary N) is 1. The molecule has 0 radical (unpaired) electrons. The molecule has 0 spiro atoms. The van der Waals surface area contributed by atoms with Gasteiger partial charge in [0.25, 0.3) is 5.91 Å². The highest BCUT2D eigenvalue weighted by molar-refractivity contribution is 8.00. The topological polar surface area (TPSA) is 59.2 Å². The molecule has 0 atom stereocenters. The number of nitrogen functional groups attached to an aromatic ring is 1. The number of thioether (sulfide) groups is 1. The molecule has 18 heavy (non-hydrogen) atoms. The van der Waals surface area contributed by atoms with Gasteiger partial charge in [0.05, 0.1) is 5.56 Å². The number of rotatable bonds is 1. The van der Waals surface area contributed by atoms with Crippen molar-refractivity contribution in [1.29, 1.82) is 0 Å². The van der Waals surface area contributed by atoms with Crippen molar-refractivity contribution in [2.75, 3.05) is 24.6 Å². The number of pyridine rings is 1. The molecule has 2 N–H and O–H groups in total. The quantitative estimate of drug-likeness (QED) is 0.844. The van der Waals surface area contributed by atoms with E-state index in [9.17, 15) is 4.79 Å². The van der Waals surface area contributed by atoms with Gasteiger partial charge in [0.2, 0.25) is 0 Å². The highest BCUT2D eigenvalue weighted by Gasteiger charge is 2.26. The van der Waals surface area contributed by atoms with Crippen molar-refractivity contribution in [3.8, 4) is 0 Å². The van der Waals surface area contributed by atoms with E-state index >= 15 is 0 Å². The molecule has 0 unspecified atom stereocenters. The molecule has 0 aromatic carbocycles. The molecule has 4 nitrogen and oxygen atoms in total. The largest absolute Gasteiger partial charge is 0.384 e. The minimum atomic E-state index is 0.0563. The second kappa shape index (κ2) is 5.18. The minimum Gasteiger partial charge on any atom is -0.384 e. The summed E-state index contributed by atoms with van der Waals surface area (Å²) in [6, 6.07) is 3.41. The molecule has 98 valence electrons. The third-order valence-corrected chi connectivity index (χ3v) is 4.53. The molecule has 1 fully saturated rings. The van der Waals surface area contributed by atoms with E-state index in [2.05, 4.69) is 18.8 Å². The maximum absolute atomic E-state index is 12.3. The fourth-order valence-corrected chi connectivity index (χ4v) is 3.04. The van der Waals surface area contributed by atoms with E-state index in [0.29, 0.717) is 11.4 Å². The molecule has 2 rings (SSSR count). The van der Waals surface area contributed by atoms with Crippen LogP contribution in [0.1, 0.15) is 30.6 Å². The molecule has 1 aliphatic heterocycles. The summed E-state index contributed by atoms with van der Waals surface area (Å²) in [6.07, 6.45) is 2.58. The van der Waals surface area contributed by atoms with Gasteiger partial charge in [0.1, 0.15) is 5.82 Å². The van der Waals surface area contributed by atoms with Crippen LogP contribution in [0, 0.1) is 0 Å². The van der Waals surface area contributed by atoms with Crippen LogP contribution >= 0.6 is 11.8 Å². The van der Waals surface area contributed by atoms with Crippen molar-refractivity contribution in [3.05, 3.63) is 23.9 Å². The van der Waals surface area contributed by atoms with Gasteiger partial charge in [0, 0.05) is 29.8 Å². The van der Waals surface area contributed by atoms with Crippen LogP contribution in [0.3, 0.4) is 0 Å². The lowest BCUT2D eigenvalue weighted by atomic mass is 10.1. The van der Waals surface area contributed by atoms with Gasteiger partial charge in [0.15, 0.2) is 0 Å². The summed E-state index contributed by atoms with van der Waals surface area (Å²) < 4.78 is 0.258. The highest BCUT2D eigenvalue weighted by Crippen LogP contribution is 2.30.